The molecule has 0 saturated carbocycles. The van der Waals surface area contributed by atoms with Crippen molar-refractivity contribution in [2.75, 3.05) is 18.2 Å². The van der Waals surface area contributed by atoms with Gasteiger partial charge >= 0.3 is 5.97 Å². The number of ether oxygens (including phenoxy) is 1. The van der Waals surface area contributed by atoms with Crippen molar-refractivity contribution >= 4 is 17.3 Å². The van der Waals surface area contributed by atoms with Gasteiger partial charge in [0, 0.05) is 6.04 Å². The van der Waals surface area contributed by atoms with Gasteiger partial charge in [0.25, 0.3) is 0 Å². The van der Waals surface area contributed by atoms with Gasteiger partial charge in [-0.1, -0.05) is 20.3 Å². The highest BCUT2D eigenvalue weighted by Gasteiger charge is 2.13. The molecule has 1 aromatic carbocycles. The van der Waals surface area contributed by atoms with E-state index in [4.69, 9.17) is 5.73 Å². The molecule has 0 spiro atoms. The fraction of sp³-hybridized carbons (Fsp3) is 0.500. The number of carbonyl (C=O) groups excluding carboxylic acids is 1. The number of carbonyl (C=O) groups is 1. The Kier molecular flexibility index (Phi) is 5.01. The van der Waals surface area contributed by atoms with Crippen molar-refractivity contribution in [1.82, 2.24) is 0 Å². The first-order chi connectivity index (χ1) is 8.49. The second-order valence-electron chi connectivity index (χ2n) is 4.61. The molecule has 1 aromatic rings. The molecule has 18 heavy (non-hydrogen) atoms. The van der Waals surface area contributed by atoms with E-state index in [2.05, 4.69) is 30.8 Å². The van der Waals surface area contributed by atoms with Crippen LogP contribution < -0.4 is 11.1 Å². The quantitative estimate of drug-likeness (QED) is 0.623. The van der Waals surface area contributed by atoms with Crippen LogP contribution in [0.2, 0.25) is 0 Å². The zero-order chi connectivity index (χ0) is 13.7. The minimum absolute atomic E-state index is 0.335. The number of hydrogen-bond donors (Lipinski definition) is 2. The van der Waals surface area contributed by atoms with Crippen molar-refractivity contribution < 1.29 is 9.53 Å². The van der Waals surface area contributed by atoms with Crippen LogP contribution in [0.5, 0.6) is 0 Å². The van der Waals surface area contributed by atoms with Crippen LogP contribution in [-0.2, 0) is 4.74 Å². The first kappa shape index (κ1) is 14.4. The monoisotopic (exact) mass is 250 g/mol. The summed E-state index contributed by atoms with van der Waals surface area (Å²) in [6.07, 6.45) is 1.11. The van der Waals surface area contributed by atoms with Gasteiger partial charge in [-0.15, -0.1) is 0 Å². The Labute approximate surface area is 109 Å². The summed E-state index contributed by atoms with van der Waals surface area (Å²) in [5.74, 6) is 0.188. The van der Waals surface area contributed by atoms with Crippen LogP contribution in [-0.4, -0.2) is 19.1 Å². The standard InChI is InChI=1S/C14H22N2O2/c1-5-9(2)10(3)16-13-7-6-11(8-12(13)15)14(17)18-4/h6-10,16H,5,15H2,1-4H3. The van der Waals surface area contributed by atoms with Gasteiger partial charge < -0.3 is 15.8 Å². The molecule has 100 valence electrons. The van der Waals surface area contributed by atoms with Crippen LogP contribution in [0.1, 0.15) is 37.6 Å². The van der Waals surface area contributed by atoms with Crippen molar-refractivity contribution in [3.8, 4) is 0 Å². The van der Waals surface area contributed by atoms with Gasteiger partial charge in [-0.3, -0.25) is 0 Å². The largest absolute Gasteiger partial charge is 0.465 e. The summed E-state index contributed by atoms with van der Waals surface area (Å²) >= 11 is 0. The minimum atomic E-state index is -0.372. The molecule has 0 fully saturated rings. The van der Waals surface area contributed by atoms with Gasteiger partial charge in [0.1, 0.15) is 0 Å². The number of nitrogens with two attached hydrogens (primary N) is 1. The van der Waals surface area contributed by atoms with Crippen molar-refractivity contribution in [3.63, 3.8) is 0 Å². The molecule has 1 rings (SSSR count). The van der Waals surface area contributed by atoms with Gasteiger partial charge in [-0.25, -0.2) is 4.79 Å². The molecule has 0 aliphatic rings. The number of nitrogen functional groups attached to an aromatic ring is 1. The highest BCUT2D eigenvalue weighted by molar-refractivity contribution is 5.91. The molecular formula is C14H22N2O2. The van der Waals surface area contributed by atoms with Gasteiger partial charge in [-0.2, -0.15) is 0 Å². The second kappa shape index (κ2) is 6.28. The number of rotatable bonds is 5. The number of benzene rings is 1. The van der Waals surface area contributed by atoms with Crippen LogP contribution in [0.15, 0.2) is 18.2 Å². The zero-order valence-electron chi connectivity index (χ0n) is 11.5. The number of anilines is 2. The molecule has 3 N–H and O–H groups in total. The third-order valence-corrected chi connectivity index (χ3v) is 3.35. The summed E-state index contributed by atoms with van der Waals surface area (Å²) < 4.78 is 4.65. The average molecular weight is 250 g/mol. The smallest absolute Gasteiger partial charge is 0.337 e. The Morgan fingerprint density at radius 2 is 2.11 bits per heavy atom. The summed E-state index contributed by atoms with van der Waals surface area (Å²) in [6, 6.07) is 5.51. The Bertz CT molecular complexity index is 418. The topological polar surface area (TPSA) is 64.3 Å². The Morgan fingerprint density at radius 1 is 1.44 bits per heavy atom. The van der Waals surface area contributed by atoms with Crippen LogP contribution in [0.3, 0.4) is 0 Å². The minimum Gasteiger partial charge on any atom is -0.465 e. The molecule has 0 radical (unpaired) electrons. The molecule has 0 amide bonds. The van der Waals surface area contributed by atoms with Crippen molar-refractivity contribution in [2.45, 2.75) is 33.2 Å². The van der Waals surface area contributed by atoms with E-state index in [1.807, 2.05) is 6.07 Å². The van der Waals surface area contributed by atoms with Gasteiger partial charge in [0.2, 0.25) is 0 Å². The number of methoxy groups -OCH3 is 1. The fourth-order valence-electron chi connectivity index (χ4n) is 1.68. The SMILES string of the molecule is CCC(C)C(C)Nc1ccc(C(=O)OC)cc1N. The van der Waals surface area contributed by atoms with Crippen LogP contribution in [0.25, 0.3) is 0 Å². The number of esters is 1. The maximum atomic E-state index is 11.4. The third kappa shape index (κ3) is 3.39. The molecule has 0 heterocycles. The number of nitrogens with one attached hydrogen (secondary N) is 1. The van der Waals surface area contributed by atoms with Crippen LogP contribution in [0.4, 0.5) is 11.4 Å². The van der Waals surface area contributed by atoms with Crippen molar-refractivity contribution in [3.05, 3.63) is 23.8 Å². The lowest BCUT2D eigenvalue weighted by Crippen LogP contribution is -2.23. The van der Waals surface area contributed by atoms with Gasteiger partial charge in [0.15, 0.2) is 0 Å². The molecule has 0 saturated heterocycles. The van der Waals surface area contributed by atoms with Gasteiger partial charge in [-0.05, 0) is 31.0 Å². The van der Waals surface area contributed by atoms with E-state index in [1.165, 1.54) is 7.11 Å². The average Bonchev–Trinajstić information content (AvgIpc) is 2.38. The summed E-state index contributed by atoms with van der Waals surface area (Å²) in [5.41, 5.74) is 7.82. The Hall–Kier alpha value is -1.71. The van der Waals surface area contributed by atoms with E-state index >= 15 is 0 Å². The lowest BCUT2D eigenvalue weighted by atomic mass is 10.0. The summed E-state index contributed by atoms with van der Waals surface area (Å²) in [7, 11) is 1.36. The third-order valence-electron chi connectivity index (χ3n) is 3.35. The van der Waals surface area contributed by atoms with E-state index in [0.29, 0.717) is 23.2 Å². The molecule has 0 aliphatic heterocycles. The summed E-state index contributed by atoms with van der Waals surface area (Å²) in [6.45, 7) is 6.48. The molecule has 2 unspecified atom stereocenters. The normalized spacial score (nSPS) is 13.8. The molecule has 0 aromatic heterocycles. The zero-order valence-corrected chi connectivity index (χ0v) is 11.5. The van der Waals surface area contributed by atoms with Crippen molar-refractivity contribution in [1.29, 1.82) is 0 Å². The predicted octanol–water partition coefficient (Wildman–Crippen LogP) is 2.90. The van der Waals surface area contributed by atoms with E-state index in [1.54, 1.807) is 12.1 Å². The number of hydrogen-bond acceptors (Lipinski definition) is 4. The maximum absolute atomic E-state index is 11.4. The van der Waals surface area contributed by atoms with Crippen molar-refractivity contribution in [2.24, 2.45) is 5.92 Å². The molecule has 4 nitrogen and oxygen atoms in total. The van der Waals surface area contributed by atoms with Crippen LogP contribution in [0, 0.1) is 5.92 Å². The maximum Gasteiger partial charge on any atom is 0.337 e. The van der Waals surface area contributed by atoms with E-state index < -0.39 is 0 Å². The molecule has 0 aliphatic carbocycles. The lowest BCUT2D eigenvalue weighted by molar-refractivity contribution is 0.0601. The summed E-state index contributed by atoms with van der Waals surface area (Å²) in [5, 5.41) is 3.37. The molecule has 2 atom stereocenters. The highest BCUT2D eigenvalue weighted by atomic mass is 16.5. The Balaban J connectivity index is 2.83. The molecule has 0 bridgehead atoms. The molecular weight excluding hydrogens is 228 g/mol. The van der Waals surface area contributed by atoms with E-state index in [9.17, 15) is 4.79 Å². The van der Waals surface area contributed by atoms with E-state index in [0.717, 1.165) is 12.1 Å². The van der Waals surface area contributed by atoms with Crippen LogP contribution >= 0.6 is 0 Å². The predicted molar refractivity (Wildman–Crippen MR) is 74.7 cm³/mol. The highest BCUT2D eigenvalue weighted by Crippen LogP contribution is 2.23. The second-order valence-corrected chi connectivity index (χ2v) is 4.61. The first-order valence-electron chi connectivity index (χ1n) is 6.24. The van der Waals surface area contributed by atoms with E-state index in [-0.39, 0.29) is 5.97 Å². The summed E-state index contributed by atoms with van der Waals surface area (Å²) in [4.78, 5) is 11.4. The van der Waals surface area contributed by atoms with Gasteiger partial charge in [0.05, 0.1) is 24.0 Å². The fourth-order valence-corrected chi connectivity index (χ4v) is 1.68. The molecule has 4 heteroatoms. The first-order valence-corrected chi connectivity index (χ1v) is 6.24. The lowest BCUT2D eigenvalue weighted by Gasteiger charge is -2.22. The Morgan fingerprint density at radius 3 is 2.61 bits per heavy atom.